The minimum absolute atomic E-state index is 0.0601. The molecule has 2 aromatic rings. The van der Waals surface area contributed by atoms with Crippen LogP contribution in [0.2, 0.25) is 0 Å². The van der Waals surface area contributed by atoms with Crippen molar-refractivity contribution >= 4 is 35.1 Å². The summed E-state index contributed by atoms with van der Waals surface area (Å²) in [6, 6.07) is 7.02. The summed E-state index contributed by atoms with van der Waals surface area (Å²) in [6.07, 6.45) is 1.99. The molecule has 1 aliphatic carbocycles. The molecule has 2 fully saturated rings. The van der Waals surface area contributed by atoms with Crippen LogP contribution in [0.15, 0.2) is 45.2 Å². The van der Waals surface area contributed by atoms with E-state index in [1.54, 1.807) is 24.3 Å². The number of phosphoric ester groups is 1. The van der Waals surface area contributed by atoms with Crippen LogP contribution in [-0.4, -0.2) is 114 Å². The third-order valence-electron chi connectivity index (χ3n) is 8.23. The SMILES string of the molecule is CP(=O)(O)OP(=O)(O)OP(=O)(O)OC[C@@H]1CC[C@H](n2cc(C#CCNC(=O)COCCOC(COc3cccc(C(=O)NCCNC4CCC4)c3)N=[N+]=[N-])c(=O)[nH]c2=O)O1. The summed E-state index contributed by atoms with van der Waals surface area (Å²) >= 11 is 0. The number of hydrogen-bond donors (Lipinski definition) is 7. The summed E-state index contributed by atoms with van der Waals surface area (Å²) in [5, 5.41) is 12.2. The maximum atomic E-state index is 12.5. The second-order valence-electron chi connectivity index (χ2n) is 13.0. The number of phosphoric acid groups is 2. The van der Waals surface area contributed by atoms with Gasteiger partial charge in [0.1, 0.15) is 30.8 Å². The molecule has 1 aliphatic heterocycles. The van der Waals surface area contributed by atoms with Crippen molar-refractivity contribution < 1.29 is 70.1 Å². The molecule has 60 heavy (non-hydrogen) atoms. The minimum Gasteiger partial charge on any atom is -0.491 e. The molecule has 330 valence electrons. The Morgan fingerprint density at radius 3 is 2.58 bits per heavy atom. The van der Waals surface area contributed by atoms with Crippen LogP contribution in [0.5, 0.6) is 5.75 Å². The molecule has 0 bridgehead atoms. The molecule has 2 heterocycles. The highest BCUT2D eigenvalue weighted by atomic mass is 31.3. The van der Waals surface area contributed by atoms with E-state index in [1.165, 1.54) is 6.42 Å². The molecule has 6 atom stereocenters. The molecule has 1 aromatic heterocycles. The number of hydrogen-bond acceptors (Lipinski definition) is 16. The molecule has 2 aliphatic rings. The standard InChI is InChI=1S/C32H45N8O17P3/c1-58(45,46)56-60(49,50)57-59(47,48)54-19-26-10-11-29(55-26)40-18-23(31(43)37-32(40)44)6-4-12-35-27(41)20-51-15-16-52-28(38-39-33)21-53-25-9-2-5-22(17-25)30(42)36-14-13-34-24-7-3-8-24/h2,5,9,17-18,24,26,28-29,34H,3,7-8,10-16,19-21H2,1H3,(H,35,41)(H,36,42)(H,45,46)(H,47,48)(H,49,50)(H,37,43,44)/t26-,28?,29+/m0/s1. The van der Waals surface area contributed by atoms with E-state index in [-0.39, 0.29) is 57.3 Å². The molecular formula is C32H45N8O17P3. The molecule has 4 rings (SSSR count). The maximum Gasteiger partial charge on any atom is 0.488 e. The fourth-order valence-electron chi connectivity index (χ4n) is 5.31. The molecule has 28 heteroatoms. The average Bonchev–Trinajstić information content (AvgIpc) is 3.62. The zero-order valence-electron chi connectivity index (χ0n) is 32.1. The summed E-state index contributed by atoms with van der Waals surface area (Å²) < 4.78 is 70.6. The Morgan fingerprint density at radius 1 is 1.08 bits per heavy atom. The van der Waals surface area contributed by atoms with Crippen LogP contribution in [0.4, 0.5) is 0 Å². The monoisotopic (exact) mass is 906 g/mol. The van der Waals surface area contributed by atoms with Crippen LogP contribution in [0, 0.1) is 11.8 Å². The van der Waals surface area contributed by atoms with Crippen molar-refractivity contribution in [2.45, 2.75) is 56.7 Å². The lowest BCUT2D eigenvalue weighted by molar-refractivity contribution is -0.126. The normalized spacial score (nSPS) is 19.8. The van der Waals surface area contributed by atoms with Gasteiger partial charge in [0.2, 0.25) is 5.91 Å². The summed E-state index contributed by atoms with van der Waals surface area (Å²) in [5.74, 6) is 4.65. The van der Waals surface area contributed by atoms with Gasteiger partial charge in [0.15, 0.2) is 6.23 Å². The molecule has 4 unspecified atom stereocenters. The van der Waals surface area contributed by atoms with E-state index in [9.17, 15) is 42.7 Å². The quantitative estimate of drug-likeness (QED) is 0.0195. The fourth-order valence-corrected chi connectivity index (χ4v) is 8.82. The van der Waals surface area contributed by atoms with Gasteiger partial charge in [-0.05, 0) is 49.4 Å². The van der Waals surface area contributed by atoms with E-state index in [0.29, 0.717) is 37.1 Å². The lowest BCUT2D eigenvalue weighted by atomic mass is 9.93. The van der Waals surface area contributed by atoms with Gasteiger partial charge in [0.25, 0.3) is 11.5 Å². The van der Waals surface area contributed by atoms with Gasteiger partial charge in [-0.1, -0.05) is 29.4 Å². The van der Waals surface area contributed by atoms with Gasteiger partial charge < -0.3 is 49.6 Å². The highest BCUT2D eigenvalue weighted by molar-refractivity contribution is 7.68. The summed E-state index contributed by atoms with van der Waals surface area (Å²) in [5.41, 5.74) is 7.48. The Bertz CT molecular complexity index is 2180. The van der Waals surface area contributed by atoms with Crippen molar-refractivity contribution in [1.29, 1.82) is 0 Å². The number of benzene rings is 1. The fraction of sp³-hybridized carbons (Fsp3) is 0.562. The van der Waals surface area contributed by atoms with E-state index in [2.05, 4.69) is 55.9 Å². The van der Waals surface area contributed by atoms with Crippen LogP contribution >= 0.6 is 23.2 Å². The number of carbonyl (C=O) groups excluding carboxylic acids is 2. The number of H-pyrrole nitrogens is 1. The zero-order valence-corrected chi connectivity index (χ0v) is 34.8. The van der Waals surface area contributed by atoms with Crippen molar-refractivity contribution in [1.82, 2.24) is 25.5 Å². The average molecular weight is 907 g/mol. The molecule has 7 N–H and O–H groups in total. The number of aromatic amines is 1. The number of ether oxygens (including phenoxy) is 4. The van der Waals surface area contributed by atoms with Gasteiger partial charge >= 0.3 is 28.9 Å². The molecule has 2 amide bonds. The highest BCUT2D eigenvalue weighted by Crippen LogP contribution is 2.66. The van der Waals surface area contributed by atoms with Crippen molar-refractivity contribution in [3.05, 3.63) is 72.9 Å². The predicted octanol–water partition coefficient (Wildman–Crippen LogP) is 1.37. The minimum atomic E-state index is -5.46. The van der Waals surface area contributed by atoms with Crippen LogP contribution in [0.25, 0.3) is 10.4 Å². The maximum absolute atomic E-state index is 12.5. The number of nitrogens with zero attached hydrogens (tertiary/aromatic N) is 4. The smallest absolute Gasteiger partial charge is 0.488 e. The van der Waals surface area contributed by atoms with Crippen molar-refractivity contribution in [3.63, 3.8) is 0 Å². The van der Waals surface area contributed by atoms with Gasteiger partial charge in [-0.15, -0.1) is 0 Å². The van der Waals surface area contributed by atoms with Crippen LogP contribution in [0.1, 0.15) is 54.3 Å². The van der Waals surface area contributed by atoms with Crippen LogP contribution in [0.3, 0.4) is 0 Å². The first-order valence-corrected chi connectivity index (χ1v) is 23.2. The third-order valence-corrected chi connectivity index (χ3v) is 12.4. The predicted molar refractivity (Wildman–Crippen MR) is 207 cm³/mol. The highest BCUT2D eigenvalue weighted by Gasteiger charge is 2.40. The largest absolute Gasteiger partial charge is 0.491 e. The molecule has 0 spiro atoms. The summed E-state index contributed by atoms with van der Waals surface area (Å²) in [7, 11) is -15.3. The Morgan fingerprint density at radius 2 is 1.87 bits per heavy atom. The topological polar surface area (TPSA) is 350 Å². The third kappa shape index (κ3) is 17.4. The van der Waals surface area contributed by atoms with E-state index in [0.717, 1.165) is 23.6 Å². The van der Waals surface area contributed by atoms with Gasteiger partial charge in [-0.25, -0.2) is 18.2 Å². The number of rotatable bonds is 24. The van der Waals surface area contributed by atoms with E-state index >= 15 is 0 Å². The van der Waals surface area contributed by atoms with Crippen LogP contribution in [-0.2, 0) is 45.8 Å². The first-order valence-electron chi connectivity index (χ1n) is 18.2. The molecule has 25 nitrogen and oxygen atoms in total. The van der Waals surface area contributed by atoms with Gasteiger partial charge in [-0.2, -0.15) is 4.31 Å². The number of aromatic nitrogens is 2. The Hall–Kier alpha value is -4.20. The van der Waals surface area contributed by atoms with Crippen molar-refractivity contribution in [2.24, 2.45) is 5.11 Å². The van der Waals surface area contributed by atoms with Gasteiger partial charge in [0, 0.05) is 42.5 Å². The molecule has 1 saturated heterocycles. The second-order valence-corrected chi connectivity index (χ2v) is 18.1. The number of carbonyl (C=O) groups is 2. The van der Waals surface area contributed by atoms with E-state index in [4.69, 9.17) is 29.4 Å². The molecule has 1 aromatic carbocycles. The lowest BCUT2D eigenvalue weighted by Gasteiger charge is -2.26. The summed E-state index contributed by atoms with van der Waals surface area (Å²) in [4.78, 5) is 82.6. The van der Waals surface area contributed by atoms with E-state index in [1.807, 2.05) is 0 Å². The van der Waals surface area contributed by atoms with Crippen LogP contribution < -0.4 is 31.9 Å². The lowest BCUT2D eigenvalue weighted by Crippen LogP contribution is -2.40. The van der Waals surface area contributed by atoms with Crippen molar-refractivity contribution in [2.75, 3.05) is 59.3 Å². The Balaban J connectivity index is 1.14. The molecule has 1 saturated carbocycles. The molecule has 0 radical (unpaired) electrons. The van der Waals surface area contributed by atoms with Crippen molar-refractivity contribution in [3.8, 4) is 17.6 Å². The summed E-state index contributed by atoms with van der Waals surface area (Å²) in [6.45, 7) is 0.148. The zero-order chi connectivity index (χ0) is 43.8. The first-order chi connectivity index (χ1) is 28.4. The second kappa shape index (κ2) is 23.1. The molecular weight excluding hydrogens is 861 g/mol. The Labute approximate surface area is 341 Å². The number of nitrogens with one attached hydrogen (secondary N) is 4. The number of amides is 2. The first kappa shape index (κ1) is 48.5. The number of azide groups is 1. The van der Waals surface area contributed by atoms with E-state index < -0.39 is 65.6 Å². The Kier molecular flexibility index (Phi) is 18.7. The van der Waals surface area contributed by atoms with Gasteiger partial charge in [0.05, 0.1) is 32.5 Å². The van der Waals surface area contributed by atoms with Gasteiger partial charge in [-0.3, -0.25) is 33.0 Å².